The highest BCUT2D eigenvalue weighted by atomic mass is 32.1. The minimum absolute atomic E-state index is 0.0493. The molecule has 0 unspecified atom stereocenters. The molecule has 0 aromatic carbocycles. The monoisotopic (exact) mass is 255 g/mol. The lowest BCUT2D eigenvalue weighted by molar-refractivity contribution is -0.120. The van der Waals surface area contributed by atoms with Gasteiger partial charge in [-0.3, -0.25) is 9.59 Å². The molecule has 0 fully saturated rings. The van der Waals surface area contributed by atoms with E-state index < -0.39 is 0 Å². The van der Waals surface area contributed by atoms with Crippen LogP contribution in [0.4, 0.5) is 0 Å². The van der Waals surface area contributed by atoms with E-state index in [1.165, 1.54) is 11.3 Å². The highest BCUT2D eigenvalue weighted by Crippen LogP contribution is 2.07. The van der Waals surface area contributed by atoms with E-state index >= 15 is 0 Å². The normalized spacial score (nSPS) is 9.94. The molecule has 5 nitrogen and oxygen atoms in total. The Morgan fingerprint density at radius 2 is 2.06 bits per heavy atom. The van der Waals surface area contributed by atoms with Crippen molar-refractivity contribution in [1.82, 2.24) is 16.0 Å². The summed E-state index contributed by atoms with van der Waals surface area (Å²) < 4.78 is 0. The quantitative estimate of drug-likeness (QED) is 0.610. The smallest absolute Gasteiger partial charge is 0.261 e. The van der Waals surface area contributed by atoms with Gasteiger partial charge < -0.3 is 16.0 Å². The van der Waals surface area contributed by atoms with Gasteiger partial charge in [-0.15, -0.1) is 11.3 Å². The molecular formula is C11H17N3O2S. The zero-order valence-electron chi connectivity index (χ0n) is 9.79. The largest absolute Gasteiger partial charge is 0.355 e. The first-order valence-electron chi connectivity index (χ1n) is 5.47. The van der Waals surface area contributed by atoms with Gasteiger partial charge in [-0.2, -0.15) is 0 Å². The first-order valence-corrected chi connectivity index (χ1v) is 6.35. The topological polar surface area (TPSA) is 70.2 Å². The van der Waals surface area contributed by atoms with Crippen LogP contribution in [0.3, 0.4) is 0 Å². The fraction of sp³-hybridized carbons (Fsp3) is 0.455. The average Bonchev–Trinajstić information content (AvgIpc) is 2.82. The number of amides is 2. The Bertz CT molecular complexity index is 352. The molecule has 0 aliphatic rings. The van der Waals surface area contributed by atoms with Crippen LogP contribution in [0.25, 0.3) is 0 Å². The number of carbonyl (C=O) groups is 2. The van der Waals surface area contributed by atoms with E-state index in [0.717, 1.165) is 6.54 Å². The van der Waals surface area contributed by atoms with Crippen molar-refractivity contribution in [2.75, 3.05) is 26.7 Å². The van der Waals surface area contributed by atoms with Gasteiger partial charge in [-0.05, 0) is 18.5 Å². The predicted octanol–water partition coefficient (Wildman–Crippen LogP) is 0.204. The van der Waals surface area contributed by atoms with Crippen molar-refractivity contribution in [3.63, 3.8) is 0 Å². The highest BCUT2D eigenvalue weighted by Gasteiger charge is 2.06. The Morgan fingerprint density at radius 3 is 2.71 bits per heavy atom. The first-order chi connectivity index (χ1) is 8.24. The van der Waals surface area contributed by atoms with Gasteiger partial charge >= 0.3 is 0 Å². The SMILES string of the molecule is CNCCNC(=O)CCNC(=O)c1cccs1. The van der Waals surface area contributed by atoms with E-state index in [1.54, 1.807) is 6.07 Å². The number of likely N-dealkylation sites (N-methyl/N-ethyl adjacent to an activating group) is 1. The van der Waals surface area contributed by atoms with Crippen molar-refractivity contribution in [1.29, 1.82) is 0 Å². The Morgan fingerprint density at radius 1 is 1.24 bits per heavy atom. The molecule has 1 heterocycles. The van der Waals surface area contributed by atoms with Crippen LogP contribution in [0.15, 0.2) is 17.5 Å². The molecule has 94 valence electrons. The molecule has 0 spiro atoms. The summed E-state index contributed by atoms with van der Waals surface area (Å²) in [5.41, 5.74) is 0. The lowest BCUT2D eigenvalue weighted by atomic mass is 10.3. The minimum atomic E-state index is -0.122. The average molecular weight is 255 g/mol. The van der Waals surface area contributed by atoms with E-state index in [4.69, 9.17) is 0 Å². The molecule has 2 amide bonds. The summed E-state index contributed by atoms with van der Waals surface area (Å²) in [4.78, 5) is 23.5. The van der Waals surface area contributed by atoms with Crippen LogP contribution in [-0.4, -0.2) is 38.5 Å². The zero-order chi connectivity index (χ0) is 12.5. The van der Waals surface area contributed by atoms with Gasteiger partial charge in [0.05, 0.1) is 4.88 Å². The Labute approximate surface area is 105 Å². The van der Waals surface area contributed by atoms with Crippen LogP contribution >= 0.6 is 11.3 Å². The maximum atomic E-state index is 11.5. The van der Waals surface area contributed by atoms with Gasteiger partial charge in [0.1, 0.15) is 0 Å². The molecule has 17 heavy (non-hydrogen) atoms. The van der Waals surface area contributed by atoms with Gasteiger partial charge in [-0.1, -0.05) is 6.07 Å². The number of thiophene rings is 1. The van der Waals surface area contributed by atoms with Crippen molar-refractivity contribution in [3.05, 3.63) is 22.4 Å². The molecule has 0 aliphatic carbocycles. The van der Waals surface area contributed by atoms with Crippen LogP contribution in [0, 0.1) is 0 Å². The van der Waals surface area contributed by atoms with Gasteiger partial charge in [0.2, 0.25) is 5.91 Å². The summed E-state index contributed by atoms with van der Waals surface area (Å²) >= 11 is 1.39. The van der Waals surface area contributed by atoms with E-state index in [0.29, 0.717) is 24.4 Å². The fourth-order valence-electron chi connectivity index (χ4n) is 1.20. The number of hydrogen-bond donors (Lipinski definition) is 3. The van der Waals surface area contributed by atoms with E-state index in [-0.39, 0.29) is 11.8 Å². The second-order valence-corrected chi connectivity index (χ2v) is 4.38. The fourth-order valence-corrected chi connectivity index (χ4v) is 1.84. The molecule has 0 radical (unpaired) electrons. The minimum Gasteiger partial charge on any atom is -0.355 e. The molecule has 0 bridgehead atoms. The van der Waals surface area contributed by atoms with Gasteiger partial charge in [0.15, 0.2) is 0 Å². The lowest BCUT2D eigenvalue weighted by Crippen LogP contribution is -2.33. The summed E-state index contributed by atoms with van der Waals surface area (Å²) in [6.07, 6.45) is 0.306. The predicted molar refractivity (Wildman–Crippen MR) is 68.2 cm³/mol. The second-order valence-electron chi connectivity index (χ2n) is 3.44. The molecular weight excluding hydrogens is 238 g/mol. The summed E-state index contributed by atoms with van der Waals surface area (Å²) in [7, 11) is 1.83. The highest BCUT2D eigenvalue weighted by molar-refractivity contribution is 7.12. The van der Waals surface area contributed by atoms with Crippen molar-refractivity contribution >= 4 is 23.2 Å². The number of carbonyl (C=O) groups excluding carboxylic acids is 2. The summed E-state index contributed by atoms with van der Waals surface area (Å²) in [6, 6.07) is 3.58. The molecule has 0 saturated carbocycles. The number of nitrogens with one attached hydrogen (secondary N) is 3. The molecule has 3 N–H and O–H groups in total. The van der Waals surface area contributed by atoms with E-state index in [1.807, 2.05) is 18.5 Å². The Kier molecular flexibility index (Phi) is 6.27. The summed E-state index contributed by atoms with van der Waals surface area (Å²) in [5, 5.41) is 10.2. The molecule has 1 rings (SSSR count). The van der Waals surface area contributed by atoms with Crippen molar-refractivity contribution < 1.29 is 9.59 Å². The van der Waals surface area contributed by atoms with Crippen LogP contribution in [-0.2, 0) is 4.79 Å². The number of hydrogen-bond acceptors (Lipinski definition) is 4. The van der Waals surface area contributed by atoms with E-state index in [9.17, 15) is 9.59 Å². The molecule has 0 aliphatic heterocycles. The van der Waals surface area contributed by atoms with Crippen LogP contribution < -0.4 is 16.0 Å². The third kappa shape index (κ3) is 5.46. The van der Waals surface area contributed by atoms with Crippen molar-refractivity contribution in [2.24, 2.45) is 0 Å². The summed E-state index contributed by atoms with van der Waals surface area (Å²) in [5.74, 6) is -0.172. The van der Waals surface area contributed by atoms with Crippen LogP contribution in [0.1, 0.15) is 16.1 Å². The standard InChI is InChI=1S/C11H17N3O2S/c1-12-6-7-13-10(15)4-5-14-11(16)9-3-2-8-17-9/h2-3,8,12H,4-7H2,1H3,(H,13,15)(H,14,16). The lowest BCUT2D eigenvalue weighted by Gasteiger charge is -2.05. The van der Waals surface area contributed by atoms with Crippen molar-refractivity contribution in [2.45, 2.75) is 6.42 Å². The third-order valence-corrected chi connectivity index (χ3v) is 2.95. The molecule has 1 aromatic rings. The van der Waals surface area contributed by atoms with Gasteiger partial charge in [-0.25, -0.2) is 0 Å². The Hall–Kier alpha value is -1.40. The maximum absolute atomic E-state index is 11.5. The zero-order valence-corrected chi connectivity index (χ0v) is 10.6. The van der Waals surface area contributed by atoms with Crippen LogP contribution in [0.5, 0.6) is 0 Å². The first kappa shape index (κ1) is 13.7. The van der Waals surface area contributed by atoms with E-state index in [2.05, 4.69) is 16.0 Å². The van der Waals surface area contributed by atoms with Crippen molar-refractivity contribution in [3.8, 4) is 0 Å². The van der Waals surface area contributed by atoms with Crippen LogP contribution in [0.2, 0.25) is 0 Å². The van der Waals surface area contributed by atoms with Gasteiger partial charge in [0, 0.05) is 26.1 Å². The number of rotatable bonds is 7. The molecule has 6 heteroatoms. The Balaban J connectivity index is 2.11. The third-order valence-electron chi connectivity index (χ3n) is 2.08. The molecule has 0 atom stereocenters. The maximum Gasteiger partial charge on any atom is 0.261 e. The van der Waals surface area contributed by atoms with Gasteiger partial charge in [0.25, 0.3) is 5.91 Å². The molecule has 0 saturated heterocycles. The second kappa shape index (κ2) is 7.81. The summed E-state index contributed by atoms with van der Waals surface area (Å²) in [6.45, 7) is 1.71. The molecule has 1 aromatic heterocycles.